The fraction of sp³-hybridized carbons (Fsp3) is 0.381. The molecule has 1 fully saturated rings. The lowest BCUT2D eigenvalue weighted by Gasteiger charge is -2.28. The van der Waals surface area contributed by atoms with E-state index in [9.17, 15) is 9.90 Å². The minimum atomic E-state index is -0.0250. The molecule has 0 radical (unpaired) electrons. The maximum Gasteiger partial charge on any atom is 0.251 e. The second-order valence-electron chi connectivity index (χ2n) is 6.67. The van der Waals surface area contributed by atoms with E-state index in [0.29, 0.717) is 18.1 Å². The molecule has 0 heterocycles. The first-order chi connectivity index (χ1) is 12.2. The Morgan fingerprint density at radius 1 is 1.00 bits per heavy atom. The van der Waals surface area contributed by atoms with E-state index in [1.54, 1.807) is 0 Å². The van der Waals surface area contributed by atoms with Gasteiger partial charge in [-0.3, -0.25) is 4.79 Å². The lowest BCUT2D eigenvalue weighted by Crippen LogP contribution is -2.38. The summed E-state index contributed by atoms with van der Waals surface area (Å²) in [5.41, 5.74) is 1.71. The highest BCUT2D eigenvalue weighted by atomic mass is 16.5. The molecule has 0 saturated heterocycles. The Balaban J connectivity index is 1.49. The summed E-state index contributed by atoms with van der Waals surface area (Å²) in [6.45, 7) is 0.740. The van der Waals surface area contributed by atoms with Crippen molar-refractivity contribution in [1.29, 1.82) is 0 Å². The van der Waals surface area contributed by atoms with Crippen molar-refractivity contribution >= 4 is 5.91 Å². The number of nitrogens with one attached hydrogen (secondary N) is 1. The van der Waals surface area contributed by atoms with Gasteiger partial charge in [0.2, 0.25) is 0 Å². The summed E-state index contributed by atoms with van der Waals surface area (Å²) >= 11 is 0. The zero-order chi connectivity index (χ0) is 17.5. The molecule has 2 N–H and O–H groups in total. The van der Waals surface area contributed by atoms with E-state index in [-0.39, 0.29) is 18.6 Å². The number of hydrogen-bond donors (Lipinski definition) is 2. The number of amides is 1. The molecule has 4 heteroatoms. The first kappa shape index (κ1) is 17.5. The molecular formula is C21H25NO3. The average molecular weight is 339 g/mol. The van der Waals surface area contributed by atoms with Crippen molar-refractivity contribution in [2.75, 3.05) is 6.61 Å². The molecule has 1 aliphatic rings. The van der Waals surface area contributed by atoms with Gasteiger partial charge >= 0.3 is 0 Å². The van der Waals surface area contributed by atoms with Crippen LogP contribution in [0.3, 0.4) is 0 Å². The first-order valence-corrected chi connectivity index (χ1v) is 8.93. The SMILES string of the molecule is O=C(NC1CCC(CO)CC1)c1ccc(COc2ccccc2)cc1. The topological polar surface area (TPSA) is 58.6 Å². The van der Waals surface area contributed by atoms with Crippen LogP contribution in [0.4, 0.5) is 0 Å². The predicted molar refractivity (Wildman–Crippen MR) is 97.5 cm³/mol. The summed E-state index contributed by atoms with van der Waals surface area (Å²) in [5.74, 6) is 1.21. The third-order valence-electron chi connectivity index (χ3n) is 4.81. The standard InChI is InChI=1S/C21H25NO3/c23-14-16-8-12-19(13-9-16)22-21(24)18-10-6-17(7-11-18)15-25-20-4-2-1-3-5-20/h1-7,10-11,16,19,23H,8-9,12-15H2,(H,22,24). The minimum Gasteiger partial charge on any atom is -0.489 e. The second kappa shape index (κ2) is 8.67. The molecule has 0 aliphatic heterocycles. The molecule has 0 bridgehead atoms. The molecule has 1 aliphatic carbocycles. The third kappa shape index (κ3) is 5.07. The molecule has 0 unspecified atom stereocenters. The van der Waals surface area contributed by atoms with Crippen molar-refractivity contribution in [3.05, 3.63) is 65.7 Å². The smallest absolute Gasteiger partial charge is 0.251 e. The molecule has 132 valence electrons. The predicted octanol–water partition coefficient (Wildman–Crippen LogP) is 3.55. The van der Waals surface area contributed by atoms with Gasteiger partial charge in [-0.25, -0.2) is 0 Å². The Labute approximate surface area is 148 Å². The van der Waals surface area contributed by atoms with E-state index >= 15 is 0 Å². The van der Waals surface area contributed by atoms with Crippen LogP contribution >= 0.6 is 0 Å². The van der Waals surface area contributed by atoms with Crippen molar-refractivity contribution in [2.24, 2.45) is 5.92 Å². The van der Waals surface area contributed by atoms with Crippen molar-refractivity contribution in [3.8, 4) is 5.75 Å². The van der Waals surface area contributed by atoms with Crippen LogP contribution in [-0.4, -0.2) is 23.7 Å². The Kier molecular flexibility index (Phi) is 6.07. The quantitative estimate of drug-likeness (QED) is 0.846. The van der Waals surface area contributed by atoms with Gasteiger partial charge in [-0.05, 0) is 61.4 Å². The highest BCUT2D eigenvalue weighted by Crippen LogP contribution is 2.24. The van der Waals surface area contributed by atoms with Crippen LogP contribution in [0.15, 0.2) is 54.6 Å². The van der Waals surface area contributed by atoms with Gasteiger partial charge in [0, 0.05) is 18.2 Å². The Morgan fingerprint density at radius 2 is 1.68 bits per heavy atom. The van der Waals surface area contributed by atoms with Crippen LogP contribution in [0.25, 0.3) is 0 Å². The zero-order valence-corrected chi connectivity index (χ0v) is 14.4. The van der Waals surface area contributed by atoms with E-state index in [0.717, 1.165) is 37.0 Å². The van der Waals surface area contributed by atoms with Crippen molar-refractivity contribution in [2.45, 2.75) is 38.3 Å². The number of hydrogen-bond acceptors (Lipinski definition) is 3. The first-order valence-electron chi connectivity index (χ1n) is 8.93. The largest absolute Gasteiger partial charge is 0.489 e. The summed E-state index contributed by atoms with van der Waals surface area (Å²) in [7, 11) is 0. The van der Waals surface area contributed by atoms with Crippen molar-refractivity contribution in [3.63, 3.8) is 0 Å². The fourth-order valence-corrected chi connectivity index (χ4v) is 3.19. The summed E-state index contributed by atoms with van der Waals surface area (Å²) in [4.78, 5) is 12.4. The summed E-state index contributed by atoms with van der Waals surface area (Å²) in [5, 5.41) is 12.3. The van der Waals surface area contributed by atoms with Crippen LogP contribution in [0, 0.1) is 5.92 Å². The Morgan fingerprint density at radius 3 is 2.32 bits per heavy atom. The molecule has 4 nitrogen and oxygen atoms in total. The van der Waals surface area contributed by atoms with Crippen LogP contribution in [0.5, 0.6) is 5.75 Å². The highest BCUT2D eigenvalue weighted by molar-refractivity contribution is 5.94. The Hall–Kier alpha value is -2.33. The lowest BCUT2D eigenvalue weighted by molar-refractivity contribution is 0.0914. The molecule has 0 spiro atoms. The molecule has 1 saturated carbocycles. The number of rotatable bonds is 6. The summed E-state index contributed by atoms with van der Waals surface area (Å²) in [6, 6.07) is 17.5. The molecule has 0 atom stereocenters. The van der Waals surface area contributed by atoms with Gasteiger partial charge in [-0.1, -0.05) is 30.3 Å². The van der Waals surface area contributed by atoms with Gasteiger partial charge in [0.05, 0.1) is 0 Å². The molecule has 2 aromatic carbocycles. The minimum absolute atomic E-state index is 0.0250. The maximum absolute atomic E-state index is 12.4. The zero-order valence-electron chi connectivity index (χ0n) is 14.4. The van der Waals surface area contributed by atoms with Crippen molar-refractivity contribution in [1.82, 2.24) is 5.32 Å². The average Bonchev–Trinajstić information content (AvgIpc) is 2.68. The van der Waals surface area contributed by atoms with Gasteiger partial charge < -0.3 is 15.2 Å². The highest BCUT2D eigenvalue weighted by Gasteiger charge is 2.22. The van der Waals surface area contributed by atoms with E-state index in [2.05, 4.69) is 5.32 Å². The van der Waals surface area contributed by atoms with Crippen LogP contribution < -0.4 is 10.1 Å². The fourth-order valence-electron chi connectivity index (χ4n) is 3.19. The molecule has 0 aromatic heterocycles. The van der Waals surface area contributed by atoms with E-state index < -0.39 is 0 Å². The molecule has 3 rings (SSSR count). The number of carbonyl (C=O) groups is 1. The number of aliphatic hydroxyl groups excluding tert-OH is 1. The van der Waals surface area contributed by atoms with Crippen LogP contribution in [0.2, 0.25) is 0 Å². The number of ether oxygens (including phenoxy) is 1. The van der Waals surface area contributed by atoms with Crippen LogP contribution in [-0.2, 0) is 6.61 Å². The van der Waals surface area contributed by atoms with E-state index in [1.165, 1.54) is 0 Å². The number of para-hydroxylation sites is 1. The normalized spacial score (nSPS) is 20.0. The number of benzene rings is 2. The van der Waals surface area contributed by atoms with Crippen LogP contribution in [0.1, 0.15) is 41.6 Å². The van der Waals surface area contributed by atoms with Gasteiger partial charge in [0.15, 0.2) is 0 Å². The molecule has 2 aromatic rings. The lowest BCUT2D eigenvalue weighted by atomic mass is 9.86. The van der Waals surface area contributed by atoms with Gasteiger partial charge in [0.25, 0.3) is 5.91 Å². The molecular weight excluding hydrogens is 314 g/mol. The van der Waals surface area contributed by atoms with Gasteiger partial charge in [-0.15, -0.1) is 0 Å². The number of aliphatic hydroxyl groups is 1. The van der Waals surface area contributed by atoms with Gasteiger partial charge in [-0.2, -0.15) is 0 Å². The molecule has 25 heavy (non-hydrogen) atoms. The Bertz CT molecular complexity index is 661. The molecule has 1 amide bonds. The van der Waals surface area contributed by atoms with Gasteiger partial charge in [0.1, 0.15) is 12.4 Å². The van der Waals surface area contributed by atoms with E-state index in [4.69, 9.17) is 4.74 Å². The maximum atomic E-state index is 12.4. The third-order valence-corrected chi connectivity index (χ3v) is 4.81. The number of carbonyl (C=O) groups excluding carboxylic acids is 1. The summed E-state index contributed by atoms with van der Waals surface area (Å²) in [6.07, 6.45) is 3.86. The second-order valence-corrected chi connectivity index (χ2v) is 6.67. The van der Waals surface area contributed by atoms with Crippen molar-refractivity contribution < 1.29 is 14.6 Å². The van der Waals surface area contributed by atoms with E-state index in [1.807, 2.05) is 54.6 Å². The monoisotopic (exact) mass is 339 g/mol. The summed E-state index contributed by atoms with van der Waals surface area (Å²) < 4.78 is 5.71.